The maximum Gasteiger partial charge on any atom is 0.186 e. The number of ether oxygens (including phenoxy) is 1. The Morgan fingerprint density at radius 3 is 2.29 bits per heavy atom. The van der Waals surface area contributed by atoms with Gasteiger partial charge in [0.05, 0.1) is 12.4 Å². The van der Waals surface area contributed by atoms with E-state index in [9.17, 15) is 17.2 Å². The van der Waals surface area contributed by atoms with Gasteiger partial charge in [0.1, 0.15) is 16.5 Å². The topological polar surface area (TPSA) is 69.4 Å². The predicted octanol–water partition coefficient (Wildman–Crippen LogP) is 1.36. The van der Waals surface area contributed by atoms with Gasteiger partial charge in [-0.25, -0.2) is 17.2 Å². The van der Waals surface area contributed by atoms with E-state index in [0.717, 1.165) is 12.1 Å². The molecule has 0 heterocycles. The van der Waals surface area contributed by atoms with E-state index in [1.165, 1.54) is 0 Å². The summed E-state index contributed by atoms with van der Waals surface area (Å²) in [5.41, 5.74) is 5.03. The van der Waals surface area contributed by atoms with Crippen molar-refractivity contribution in [3.63, 3.8) is 0 Å². The molecule has 1 aromatic rings. The molecule has 0 unspecified atom stereocenters. The van der Waals surface area contributed by atoms with Crippen LogP contribution >= 0.6 is 0 Å². The molecular weight excluding hydrogens is 252 g/mol. The summed E-state index contributed by atoms with van der Waals surface area (Å²) < 4.78 is 54.9. The molecule has 0 bridgehead atoms. The van der Waals surface area contributed by atoms with Gasteiger partial charge in [-0.3, -0.25) is 0 Å². The Morgan fingerprint density at radius 1 is 1.29 bits per heavy atom. The van der Waals surface area contributed by atoms with Crippen molar-refractivity contribution in [1.82, 2.24) is 0 Å². The van der Waals surface area contributed by atoms with Crippen molar-refractivity contribution in [2.75, 3.05) is 24.7 Å². The second-order valence-corrected chi connectivity index (χ2v) is 5.38. The quantitative estimate of drug-likeness (QED) is 0.644. The van der Waals surface area contributed by atoms with Crippen LogP contribution in [0, 0.1) is 11.6 Å². The molecule has 17 heavy (non-hydrogen) atoms. The van der Waals surface area contributed by atoms with Crippen molar-refractivity contribution in [2.45, 2.75) is 11.8 Å². The van der Waals surface area contributed by atoms with E-state index in [1.54, 1.807) is 6.92 Å². The number of benzene rings is 1. The van der Waals surface area contributed by atoms with Gasteiger partial charge >= 0.3 is 0 Å². The van der Waals surface area contributed by atoms with Crippen LogP contribution in [0.15, 0.2) is 17.0 Å². The second-order valence-electron chi connectivity index (χ2n) is 3.33. The van der Waals surface area contributed by atoms with Crippen LogP contribution in [0.4, 0.5) is 14.5 Å². The zero-order valence-electron chi connectivity index (χ0n) is 9.24. The zero-order valence-corrected chi connectivity index (χ0v) is 10.1. The highest BCUT2D eigenvalue weighted by Crippen LogP contribution is 2.22. The van der Waals surface area contributed by atoms with Crippen molar-refractivity contribution < 1.29 is 21.9 Å². The lowest BCUT2D eigenvalue weighted by atomic mass is 10.3. The van der Waals surface area contributed by atoms with Gasteiger partial charge < -0.3 is 10.5 Å². The molecule has 96 valence electrons. The van der Waals surface area contributed by atoms with E-state index in [0.29, 0.717) is 6.61 Å². The minimum Gasteiger partial charge on any atom is -0.399 e. The smallest absolute Gasteiger partial charge is 0.186 e. The lowest BCUT2D eigenvalue weighted by Gasteiger charge is -2.07. The Labute approximate surface area is 98.3 Å². The van der Waals surface area contributed by atoms with Gasteiger partial charge in [0.15, 0.2) is 9.84 Å². The van der Waals surface area contributed by atoms with Crippen LogP contribution in [0.2, 0.25) is 0 Å². The van der Waals surface area contributed by atoms with Gasteiger partial charge in [0.2, 0.25) is 0 Å². The lowest BCUT2D eigenvalue weighted by molar-refractivity contribution is 0.163. The maximum absolute atomic E-state index is 13.4. The third-order valence-electron chi connectivity index (χ3n) is 2.03. The summed E-state index contributed by atoms with van der Waals surface area (Å²) in [6, 6.07) is 1.55. The molecule has 0 amide bonds. The molecule has 1 rings (SSSR count). The lowest BCUT2D eigenvalue weighted by Crippen LogP contribution is -2.16. The highest BCUT2D eigenvalue weighted by molar-refractivity contribution is 7.91. The molecular formula is C10H13F2NO3S. The van der Waals surface area contributed by atoms with Gasteiger partial charge in [-0.1, -0.05) is 0 Å². The molecule has 0 atom stereocenters. The first kappa shape index (κ1) is 13.9. The Hall–Kier alpha value is -1.21. The molecule has 0 saturated carbocycles. The van der Waals surface area contributed by atoms with E-state index >= 15 is 0 Å². The van der Waals surface area contributed by atoms with Crippen molar-refractivity contribution in [1.29, 1.82) is 0 Å². The monoisotopic (exact) mass is 265 g/mol. The van der Waals surface area contributed by atoms with E-state index < -0.39 is 32.1 Å². The number of halogens is 2. The van der Waals surface area contributed by atoms with Gasteiger partial charge in [-0.05, 0) is 19.1 Å². The van der Waals surface area contributed by atoms with Crippen molar-refractivity contribution in [3.05, 3.63) is 23.8 Å². The molecule has 0 aliphatic carbocycles. The van der Waals surface area contributed by atoms with Crippen LogP contribution in [-0.4, -0.2) is 27.4 Å². The van der Waals surface area contributed by atoms with E-state index in [-0.39, 0.29) is 12.3 Å². The summed E-state index contributed by atoms with van der Waals surface area (Å²) in [4.78, 5) is -0.952. The molecule has 7 heteroatoms. The molecule has 0 aromatic heterocycles. The Bertz CT molecular complexity index is 479. The third-order valence-corrected chi connectivity index (χ3v) is 3.75. The van der Waals surface area contributed by atoms with Crippen molar-refractivity contribution in [2.24, 2.45) is 0 Å². The number of anilines is 1. The molecule has 4 nitrogen and oxygen atoms in total. The molecule has 2 N–H and O–H groups in total. The zero-order chi connectivity index (χ0) is 13.1. The summed E-state index contributed by atoms with van der Waals surface area (Å²) in [5, 5.41) is 0. The number of hydrogen-bond donors (Lipinski definition) is 1. The molecule has 0 aliphatic rings. The molecule has 0 spiro atoms. The summed E-state index contributed by atoms with van der Waals surface area (Å²) >= 11 is 0. The largest absolute Gasteiger partial charge is 0.399 e. The minimum absolute atomic E-state index is 0.109. The fraction of sp³-hybridized carbons (Fsp3) is 0.400. The number of nitrogens with two attached hydrogens (primary N) is 1. The predicted molar refractivity (Wildman–Crippen MR) is 59.3 cm³/mol. The summed E-state index contributed by atoms with van der Waals surface area (Å²) in [6.45, 7) is 1.92. The highest BCUT2D eigenvalue weighted by atomic mass is 32.2. The molecule has 0 radical (unpaired) electrons. The summed E-state index contributed by atoms with van der Waals surface area (Å²) in [5.74, 6) is -2.84. The van der Waals surface area contributed by atoms with Crippen LogP contribution in [0.1, 0.15) is 6.92 Å². The first-order valence-corrected chi connectivity index (χ1v) is 6.58. The fourth-order valence-corrected chi connectivity index (χ4v) is 2.55. The van der Waals surface area contributed by atoms with Gasteiger partial charge in [-0.2, -0.15) is 0 Å². The first-order valence-electron chi connectivity index (χ1n) is 4.93. The standard InChI is InChI=1S/C10H13F2NO3S/c1-2-16-3-4-17(14,15)10-8(11)5-7(13)6-9(10)12/h5-6H,2-4,13H2,1H3. The van der Waals surface area contributed by atoms with Crippen LogP contribution in [0.25, 0.3) is 0 Å². The van der Waals surface area contributed by atoms with Gasteiger partial charge in [-0.15, -0.1) is 0 Å². The van der Waals surface area contributed by atoms with Crippen LogP contribution in [0.5, 0.6) is 0 Å². The first-order chi connectivity index (χ1) is 7.88. The average molecular weight is 265 g/mol. The molecule has 0 fully saturated rings. The Morgan fingerprint density at radius 2 is 1.82 bits per heavy atom. The van der Waals surface area contributed by atoms with E-state index in [2.05, 4.69) is 0 Å². The number of sulfone groups is 1. The van der Waals surface area contributed by atoms with Crippen molar-refractivity contribution in [3.8, 4) is 0 Å². The van der Waals surface area contributed by atoms with Crippen molar-refractivity contribution >= 4 is 15.5 Å². The SMILES string of the molecule is CCOCCS(=O)(=O)c1c(F)cc(N)cc1F. The second kappa shape index (κ2) is 5.42. The molecule has 0 saturated heterocycles. The third kappa shape index (κ3) is 3.37. The van der Waals surface area contributed by atoms with Gasteiger partial charge in [0.25, 0.3) is 0 Å². The summed E-state index contributed by atoms with van der Waals surface area (Å²) in [6.07, 6.45) is 0. The van der Waals surface area contributed by atoms with Crippen LogP contribution in [-0.2, 0) is 14.6 Å². The molecule has 0 aliphatic heterocycles. The normalized spacial score (nSPS) is 11.7. The van der Waals surface area contributed by atoms with E-state index in [4.69, 9.17) is 10.5 Å². The minimum atomic E-state index is -4.04. The average Bonchev–Trinajstić information content (AvgIpc) is 2.15. The van der Waals surface area contributed by atoms with Crippen LogP contribution < -0.4 is 5.73 Å². The Kier molecular flexibility index (Phi) is 4.41. The maximum atomic E-state index is 13.4. The van der Waals surface area contributed by atoms with E-state index in [1.807, 2.05) is 0 Å². The fourth-order valence-electron chi connectivity index (χ4n) is 1.29. The van der Waals surface area contributed by atoms with Crippen LogP contribution in [0.3, 0.4) is 0 Å². The van der Waals surface area contributed by atoms with Gasteiger partial charge in [0, 0.05) is 12.3 Å². The Balaban J connectivity index is 3.07. The summed E-state index contributed by atoms with van der Waals surface area (Å²) in [7, 11) is -4.04. The highest BCUT2D eigenvalue weighted by Gasteiger charge is 2.24. The number of hydrogen-bond acceptors (Lipinski definition) is 4. The number of nitrogen functional groups attached to an aromatic ring is 1. The molecule has 1 aromatic carbocycles. The number of rotatable bonds is 5.